The lowest BCUT2D eigenvalue weighted by Gasteiger charge is -2.16. The monoisotopic (exact) mass is 221 g/mol. The zero-order valence-electron chi connectivity index (χ0n) is 8.98. The highest BCUT2D eigenvalue weighted by molar-refractivity contribution is 5.93. The molecule has 0 aliphatic heterocycles. The van der Waals surface area contributed by atoms with Crippen LogP contribution in [0.3, 0.4) is 0 Å². The van der Waals surface area contributed by atoms with E-state index in [1.165, 1.54) is 6.07 Å². The van der Waals surface area contributed by atoms with E-state index in [1.807, 2.05) is 0 Å². The van der Waals surface area contributed by atoms with E-state index < -0.39 is 5.97 Å². The van der Waals surface area contributed by atoms with Crippen molar-refractivity contribution in [2.24, 2.45) is 0 Å². The summed E-state index contributed by atoms with van der Waals surface area (Å²) < 4.78 is 5.69. The molecule has 0 radical (unpaired) electrons. The second kappa shape index (κ2) is 4.43. The maximum absolute atomic E-state index is 11.0. The van der Waals surface area contributed by atoms with Crippen molar-refractivity contribution in [1.82, 2.24) is 0 Å². The highest BCUT2D eigenvalue weighted by Gasteiger charge is 2.21. The molecule has 1 fully saturated rings. The van der Waals surface area contributed by atoms with Crippen molar-refractivity contribution in [1.29, 1.82) is 0 Å². The van der Waals surface area contributed by atoms with Gasteiger partial charge in [0, 0.05) is 0 Å². The van der Waals surface area contributed by atoms with Crippen LogP contribution in [0, 0.1) is 0 Å². The van der Waals surface area contributed by atoms with E-state index in [1.54, 1.807) is 12.1 Å². The van der Waals surface area contributed by atoms with E-state index in [0.717, 1.165) is 25.7 Å². The Labute approximate surface area is 94.0 Å². The van der Waals surface area contributed by atoms with Gasteiger partial charge in [0.15, 0.2) is 5.75 Å². The summed E-state index contributed by atoms with van der Waals surface area (Å²) in [7, 11) is 0. The van der Waals surface area contributed by atoms with Gasteiger partial charge < -0.3 is 15.6 Å². The van der Waals surface area contributed by atoms with Crippen molar-refractivity contribution in [2.75, 3.05) is 5.73 Å². The highest BCUT2D eigenvalue weighted by Crippen LogP contribution is 2.31. The van der Waals surface area contributed by atoms with Gasteiger partial charge in [-0.15, -0.1) is 0 Å². The van der Waals surface area contributed by atoms with Crippen molar-refractivity contribution in [3.63, 3.8) is 0 Å². The highest BCUT2D eigenvalue weighted by atomic mass is 16.5. The summed E-state index contributed by atoms with van der Waals surface area (Å²) in [6.45, 7) is 0. The zero-order chi connectivity index (χ0) is 11.5. The lowest BCUT2D eigenvalue weighted by atomic mass is 10.1. The maximum atomic E-state index is 11.0. The van der Waals surface area contributed by atoms with Crippen molar-refractivity contribution in [2.45, 2.75) is 31.8 Å². The Morgan fingerprint density at radius 3 is 2.69 bits per heavy atom. The molecule has 0 amide bonds. The van der Waals surface area contributed by atoms with E-state index in [0.29, 0.717) is 11.4 Å². The molecule has 1 aromatic rings. The molecule has 0 heterocycles. The number of aromatic carboxylic acids is 1. The molecule has 1 aromatic carbocycles. The van der Waals surface area contributed by atoms with Gasteiger partial charge in [-0.05, 0) is 37.8 Å². The minimum atomic E-state index is -1.000. The predicted octanol–water partition coefficient (Wildman–Crippen LogP) is 2.29. The van der Waals surface area contributed by atoms with Gasteiger partial charge in [0.1, 0.15) is 5.56 Å². The Balaban J connectivity index is 2.26. The molecule has 1 aliphatic carbocycles. The van der Waals surface area contributed by atoms with Crippen LogP contribution < -0.4 is 10.5 Å². The van der Waals surface area contributed by atoms with Gasteiger partial charge in [-0.3, -0.25) is 0 Å². The Morgan fingerprint density at radius 2 is 2.06 bits per heavy atom. The van der Waals surface area contributed by atoms with Crippen LogP contribution >= 0.6 is 0 Å². The summed E-state index contributed by atoms with van der Waals surface area (Å²) in [5.74, 6) is -0.679. The van der Waals surface area contributed by atoms with Gasteiger partial charge in [0.25, 0.3) is 0 Å². The number of para-hydroxylation sites is 1. The summed E-state index contributed by atoms with van der Waals surface area (Å²) in [6.07, 6.45) is 4.35. The van der Waals surface area contributed by atoms with Gasteiger partial charge in [-0.1, -0.05) is 6.07 Å². The first kappa shape index (κ1) is 10.8. The van der Waals surface area contributed by atoms with E-state index in [2.05, 4.69) is 0 Å². The molecule has 4 heteroatoms. The molecule has 0 atom stereocenters. The predicted molar refractivity (Wildman–Crippen MR) is 60.7 cm³/mol. The number of carbonyl (C=O) groups is 1. The minimum absolute atomic E-state index is 0.114. The van der Waals surface area contributed by atoms with Gasteiger partial charge >= 0.3 is 5.97 Å². The number of nitrogens with two attached hydrogens (primary N) is 1. The molecule has 16 heavy (non-hydrogen) atoms. The third kappa shape index (κ3) is 2.10. The molecule has 86 valence electrons. The Morgan fingerprint density at radius 1 is 1.38 bits per heavy atom. The van der Waals surface area contributed by atoms with Crippen molar-refractivity contribution < 1.29 is 14.6 Å². The standard InChI is InChI=1S/C12H15NO3/c13-10-7-3-6-9(12(14)15)11(10)16-8-4-1-2-5-8/h3,6-8H,1-2,4-5,13H2,(H,14,15). The molecule has 3 N–H and O–H groups in total. The number of carboxylic acid groups (broad SMARTS) is 1. The molecule has 0 aromatic heterocycles. The van der Waals surface area contributed by atoms with Crippen molar-refractivity contribution in [3.8, 4) is 5.75 Å². The lowest BCUT2D eigenvalue weighted by molar-refractivity contribution is 0.0689. The molecular formula is C12H15NO3. The molecule has 1 saturated carbocycles. The van der Waals surface area contributed by atoms with Gasteiger partial charge in [-0.25, -0.2) is 4.79 Å². The fraction of sp³-hybridized carbons (Fsp3) is 0.417. The molecule has 1 aliphatic rings. The molecule has 0 bridgehead atoms. The fourth-order valence-corrected chi connectivity index (χ4v) is 2.03. The van der Waals surface area contributed by atoms with E-state index in [9.17, 15) is 4.79 Å². The number of hydrogen-bond acceptors (Lipinski definition) is 3. The first-order valence-electron chi connectivity index (χ1n) is 5.47. The summed E-state index contributed by atoms with van der Waals surface area (Å²) in [5.41, 5.74) is 6.29. The fourth-order valence-electron chi connectivity index (χ4n) is 2.03. The number of anilines is 1. The number of nitrogen functional groups attached to an aromatic ring is 1. The van der Waals surface area contributed by atoms with Crippen LogP contribution in [0.2, 0.25) is 0 Å². The summed E-state index contributed by atoms with van der Waals surface area (Å²) >= 11 is 0. The van der Waals surface area contributed by atoms with Crippen LogP contribution in [0.15, 0.2) is 18.2 Å². The summed E-state index contributed by atoms with van der Waals surface area (Å²) in [4.78, 5) is 11.0. The Kier molecular flexibility index (Phi) is 2.99. The zero-order valence-corrected chi connectivity index (χ0v) is 8.98. The second-order valence-corrected chi connectivity index (χ2v) is 4.05. The molecular weight excluding hydrogens is 206 g/mol. The normalized spacial score (nSPS) is 16.2. The smallest absolute Gasteiger partial charge is 0.339 e. The molecule has 0 unspecified atom stereocenters. The first-order chi connectivity index (χ1) is 7.68. The summed E-state index contributed by atoms with van der Waals surface area (Å²) in [5, 5.41) is 9.03. The van der Waals surface area contributed by atoms with Gasteiger partial charge in [0.05, 0.1) is 11.8 Å². The van der Waals surface area contributed by atoms with Crippen molar-refractivity contribution >= 4 is 11.7 Å². The van der Waals surface area contributed by atoms with E-state index in [4.69, 9.17) is 15.6 Å². The quantitative estimate of drug-likeness (QED) is 0.768. The Bertz CT molecular complexity index is 397. The van der Waals surface area contributed by atoms with Gasteiger partial charge in [-0.2, -0.15) is 0 Å². The van der Waals surface area contributed by atoms with Crippen LogP contribution in [0.1, 0.15) is 36.0 Å². The number of hydrogen-bond donors (Lipinski definition) is 2. The topological polar surface area (TPSA) is 72.6 Å². The molecule has 0 saturated heterocycles. The average molecular weight is 221 g/mol. The largest absolute Gasteiger partial charge is 0.487 e. The average Bonchev–Trinajstić information content (AvgIpc) is 2.73. The Hall–Kier alpha value is -1.71. The van der Waals surface area contributed by atoms with Crippen LogP contribution in [-0.4, -0.2) is 17.2 Å². The lowest BCUT2D eigenvalue weighted by Crippen LogP contribution is -2.15. The van der Waals surface area contributed by atoms with E-state index in [-0.39, 0.29) is 11.7 Å². The summed E-state index contributed by atoms with van der Waals surface area (Å²) in [6, 6.07) is 4.81. The minimum Gasteiger partial charge on any atom is -0.487 e. The third-order valence-electron chi connectivity index (χ3n) is 2.86. The number of carboxylic acids is 1. The van der Waals surface area contributed by atoms with Crippen molar-refractivity contribution in [3.05, 3.63) is 23.8 Å². The number of rotatable bonds is 3. The molecule has 4 nitrogen and oxygen atoms in total. The van der Waals surface area contributed by atoms with Gasteiger partial charge in [0.2, 0.25) is 0 Å². The SMILES string of the molecule is Nc1cccc(C(=O)O)c1OC1CCCC1. The first-order valence-corrected chi connectivity index (χ1v) is 5.47. The van der Waals surface area contributed by atoms with Crippen LogP contribution in [0.4, 0.5) is 5.69 Å². The van der Waals surface area contributed by atoms with Crippen LogP contribution in [-0.2, 0) is 0 Å². The van der Waals surface area contributed by atoms with Crippen LogP contribution in [0.25, 0.3) is 0 Å². The maximum Gasteiger partial charge on any atom is 0.339 e. The molecule has 2 rings (SSSR count). The second-order valence-electron chi connectivity index (χ2n) is 4.05. The molecule has 0 spiro atoms. The van der Waals surface area contributed by atoms with E-state index >= 15 is 0 Å². The number of benzene rings is 1. The van der Waals surface area contributed by atoms with Crippen LogP contribution in [0.5, 0.6) is 5.75 Å². The third-order valence-corrected chi connectivity index (χ3v) is 2.86. The number of ether oxygens (including phenoxy) is 1.